The molecule has 7 rings (SSSR count). The Morgan fingerprint density at radius 1 is 1.10 bits per heavy atom. The van der Waals surface area contributed by atoms with Gasteiger partial charge >= 0.3 is 0 Å². The highest BCUT2D eigenvalue weighted by molar-refractivity contribution is 5.50. The topological polar surface area (TPSA) is 55.5 Å². The summed E-state index contributed by atoms with van der Waals surface area (Å²) in [5.74, 6) is 9.65. The lowest BCUT2D eigenvalue weighted by molar-refractivity contribution is -0.285. The highest BCUT2D eigenvalue weighted by Gasteiger charge is 2.63. The average molecular weight is 404 g/mol. The average Bonchev–Trinajstić information content (AvgIpc) is 2.74. The first kappa shape index (κ1) is 19.0. The summed E-state index contributed by atoms with van der Waals surface area (Å²) < 4.78 is 7.04. The van der Waals surface area contributed by atoms with Crippen molar-refractivity contribution in [2.45, 2.75) is 81.5 Å². The number of nitrogens with two attached hydrogens (primary N) is 1. The van der Waals surface area contributed by atoms with Crippen molar-refractivity contribution in [2.75, 3.05) is 0 Å². The summed E-state index contributed by atoms with van der Waals surface area (Å²) in [6, 6.07) is 5.99. The largest absolute Gasteiger partial charge is 0.508 e. The summed E-state index contributed by atoms with van der Waals surface area (Å²) in [6.07, 6.45) is 11.9. The van der Waals surface area contributed by atoms with Crippen molar-refractivity contribution in [3.05, 3.63) is 41.5 Å². The van der Waals surface area contributed by atoms with Crippen LogP contribution < -0.4 is 5.73 Å². The molecule has 3 heteroatoms. The third-order valence-corrected chi connectivity index (χ3v) is 9.15. The van der Waals surface area contributed by atoms with Crippen LogP contribution in [0.2, 0.25) is 0 Å². The normalized spacial score (nSPS) is 45.0. The zero-order valence-electron chi connectivity index (χ0n) is 18.1. The summed E-state index contributed by atoms with van der Waals surface area (Å²) in [6.45, 7) is 4.49. The molecule has 0 amide bonds. The van der Waals surface area contributed by atoms with Gasteiger partial charge in [0.25, 0.3) is 0 Å². The summed E-state index contributed by atoms with van der Waals surface area (Å²) >= 11 is 0. The van der Waals surface area contributed by atoms with Gasteiger partial charge in [0, 0.05) is 17.9 Å². The molecule has 6 bridgehead atoms. The predicted octanol–water partition coefficient (Wildman–Crippen LogP) is 4.85. The lowest BCUT2D eigenvalue weighted by Crippen LogP contribution is -2.71. The fraction of sp³-hybridized carbons (Fsp3) is 0.630. The van der Waals surface area contributed by atoms with Crippen LogP contribution in [0.1, 0.15) is 75.3 Å². The summed E-state index contributed by atoms with van der Waals surface area (Å²) in [4.78, 5) is 0. The lowest BCUT2D eigenvalue weighted by Gasteiger charge is -2.63. The molecule has 1 aromatic rings. The number of allylic oxidation sites excluding steroid dienone is 2. The number of fused-ring (bicyclic) bond motifs is 10. The Balaban J connectivity index is 1.53. The Morgan fingerprint density at radius 2 is 1.97 bits per heavy atom. The maximum absolute atomic E-state index is 10.2. The molecular weight excluding hydrogens is 370 g/mol. The van der Waals surface area contributed by atoms with E-state index in [0.29, 0.717) is 29.4 Å². The molecular formula is C27H33NO2. The summed E-state index contributed by atoms with van der Waals surface area (Å²) in [5.41, 5.74) is 9.10. The van der Waals surface area contributed by atoms with E-state index in [1.165, 1.54) is 36.8 Å². The van der Waals surface area contributed by atoms with Crippen LogP contribution >= 0.6 is 0 Å². The molecule has 0 radical (unpaired) electrons. The quantitative estimate of drug-likeness (QED) is 0.481. The minimum atomic E-state index is -0.207. The van der Waals surface area contributed by atoms with E-state index in [-0.39, 0.29) is 29.1 Å². The number of rotatable bonds is 0. The van der Waals surface area contributed by atoms with Crippen LogP contribution in [-0.2, 0) is 4.74 Å². The minimum Gasteiger partial charge on any atom is -0.508 e. The molecule has 2 heterocycles. The van der Waals surface area contributed by atoms with Crippen molar-refractivity contribution in [1.82, 2.24) is 0 Å². The molecule has 1 aromatic carbocycles. The SMILES string of the molecule is CC1(C)O[C@@]23CC[C@H]1[C@H](N)[C@@H]2C#C[C@@H]1C=C[C@H](c2ccc(O)cc21)[C@@H]1CCC[C@@H]3C1. The third kappa shape index (κ3) is 2.53. The molecule has 4 fully saturated rings. The van der Waals surface area contributed by atoms with Crippen LogP contribution in [0, 0.1) is 35.5 Å². The Morgan fingerprint density at radius 3 is 2.80 bits per heavy atom. The van der Waals surface area contributed by atoms with Gasteiger partial charge in [0.1, 0.15) is 5.75 Å². The molecule has 0 unspecified atom stereocenters. The highest BCUT2D eigenvalue weighted by atomic mass is 16.5. The zero-order chi connectivity index (χ0) is 20.7. The molecule has 2 saturated carbocycles. The number of ether oxygens (including phenoxy) is 1. The molecule has 3 nitrogen and oxygen atoms in total. The summed E-state index contributed by atoms with van der Waals surface area (Å²) in [7, 11) is 0. The van der Waals surface area contributed by atoms with Gasteiger partial charge in [0.05, 0.1) is 23.0 Å². The lowest BCUT2D eigenvalue weighted by atomic mass is 9.54. The number of hydrogen-bond donors (Lipinski definition) is 2. The molecule has 1 spiro atoms. The number of aromatic hydroxyl groups is 1. The van der Waals surface area contributed by atoms with Gasteiger partial charge in [-0.25, -0.2) is 0 Å². The standard InChI is InChI=1S/C27H33NO2/c1-26(2)23-12-13-27(30-26)18-5-3-4-17(14-18)20-9-6-16(7-11-24(27)25(23)28)22-15-19(29)8-10-21(20)22/h6,8-10,15-18,20,23-25,29H,3-5,12-14,28H2,1-2H3/t16-,17+,18+,20-,23-,24-,25-,27+/m0/s1. The molecule has 2 saturated heterocycles. The van der Waals surface area contributed by atoms with Crippen molar-refractivity contribution < 1.29 is 9.84 Å². The van der Waals surface area contributed by atoms with Crippen LogP contribution in [-0.4, -0.2) is 22.4 Å². The van der Waals surface area contributed by atoms with Crippen LogP contribution in [0.15, 0.2) is 30.4 Å². The van der Waals surface area contributed by atoms with E-state index in [4.69, 9.17) is 10.5 Å². The highest BCUT2D eigenvalue weighted by Crippen LogP contribution is 2.59. The molecule has 2 aliphatic heterocycles. The number of phenolic OH excluding ortho intramolecular Hbond substituents is 1. The van der Waals surface area contributed by atoms with Gasteiger partial charge in [-0.1, -0.05) is 36.5 Å². The van der Waals surface area contributed by atoms with E-state index in [1.54, 1.807) is 0 Å². The molecule has 3 N–H and O–H groups in total. The van der Waals surface area contributed by atoms with E-state index in [9.17, 15) is 5.11 Å². The van der Waals surface area contributed by atoms with Gasteiger partial charge < -0.3 is 15.6 Å². The van der Waals surface area contributed by atoms with E-state index in [0.717, 1.165) is 12.8 Å². The molecule has 158 valence electrons. The first-order valence-corrected chi connectivity index (χ1v) is 11.9. The Labute approximate surface area is 180 Å². The van der Waals surface area contributed by atoms with Crippen molar-refractivity contribution >= 4 is 0 Å². The molecule has 6 aliphatic rings. The third-order valence-electron chi connectivity index (χ3n) is 9.15. The van der Waals surface area contributed by atoms with E-state index in [1.807, 2.05) is 12.1 Å². The van der Waals surface area contributed by atoms with Crippen molar-refractivity contribution in [3.63, 3.8) is 0 Å². The van der Waals surface area contributed by atoms with E-state index >= 15 is 0 Å². The molecule has 0 aromatic heterocycles. The monoisotopic (exact) mass is 403 g/mol. The smallest absolute Gasteiger partial charge is 0.115 e. The first-order valence-electron chi connectivity index (χ1n) is 11.9. The van der Waals surface area contributed by atoms with Gasteiger partial charge in [0.15, 0.2) is 0 Å². The van der Waals surface area contributed by atoms with Gasteiger partial charge in [0.2, 0.25) is 0 Å². The van der Waals surface area contributed by atoms with Crippen LogP contribution in [0.4, 0.5) is 0 Å². The number of benzene rings is 1. The molecule has 30 heavy (non-hydrogen) atoms. The second kappa shape index (κ2) is 6.38. The predicted molar refractivity (Wildman–Crippen MR) is 118 cm³/mol. The Hall–Kier alpha value is -1.76. The van der Waals surface area contributed by atoms with Gasteiger partial charge in [-0.05, 0) is 81.0 Å². The number of hydrogen-bond acceptors (Lipinski definition) is 3. The number of phenols is 1. The minimum absolute atomic E-state index is 0.0269. The fourth-order valence-electron chi connectivity index (χ4n) is 7.83. The van der Waals surface area contributed by atoms with E-state index < -0.39 is 0 Å². The molecule has 4 aliphatic carbocycles. The zero-order valence-corrected chi connectivity index (χ0v) is 18.1. The first-order chi connectivity index (χ1) is 14.4. The van der Waals surface area contributed by atoms with Crippen molar-refractivity contribution in [2.24, 2.45) is 29.4 Å². The molecule has 8 atom stereocenters. The second-order valence-electron chi connectivity index (χ2n) is 11.0. The van der Waals surface area contributed by atoms with Gasteiger partial charge in [-0.3, -0.25) is 0 Å². The van der Waals surface area contributed by atoms with Crippen LogP contribution in [0.5, 0.6) is 5.75 Å². The van der Waals surface area contributed by atoms with Crippen LogP contribution in [0.3, 0.4) is 0 Å². The fourth-order valence-corrected chi connectivity index (χ4v) is 7.83. The van der Waals surface area contributed by atoms with Gasteiger partial charge in [-0.15, -0.1) is 0 Å². The Kier molecular flexibility index (Phi) is 4.03. The Bertz CT molecular complexity index is 969. The summed E-state index contributed by atoms with van der Waals surface area (Å²) in [5, 5.41) is 10.2. The van der Waals surface area contributed by atoms with Crippen molar-refractivity contribution in [3.8, 4) is 17.6 Å². The van der Waals surface area contributed by atoms with Gasteiger partial charge in [-0.2, -0.15) is 0 Å². The second-order valence-corrected chi connectivity index (χ2v) is 11.0. The van der Waals surface area contributed by atoms with E-state index in [2.05, 4.69) is 43.9 Å². The maximum atomic E-state index is 10.2. The van der Waals surface area contributed by atoms with Crippen molar-refractivity contribution in [1.29, 1.82) is 0 Å². The maximum Gasteiger partial charge on any atom is 0.115 e. The van der Waals surface area contributed by atoms with Crippen LogP contribution in [0.25, 0.3) is 0 Å².